The maximum Gasteiger partial charge on any atom is 0.258 e. The highest BCUT2D eigenvalue weighted by Gasteiger charge is 2.14. The van der Waals surface area contributed by atoms with Gasteiger partial charge < -0.3 is 16.2 Å². The lowest BCUT2D eigenvalue weighted by Gasteiger charge is -2.07. The molecular formula is C14H10ClN3O2S. The summed E-state index contributed by atoms with van der Waals surface area (Å²) >= 11 is 7.03. The largest absolute Gasteiger partial charge is 0.455 e. The molecule has 0 saturated heterocycles. The fourth-order valence-corrected chi connectivity index (χ4v) is 2.90. The molecule has 106 valence electrons. The molecular weight excluding hydrogens is 310 g/mol. The molecule has 1 amide bonds. The highest BCUT2D eigenvalue weighted by Crippen LogP contribution is 2.37. The third-order valence-corrected chi connectivity index (χ3v) is 4.26. The van der Waals surface area contributed by atoms with Crippen molar-refractivity contribution < 1.29 is 9.53 Å². The number of hydrogen-bond donors (Lipinski definition) is 2. The van der Waals surface area contributed by atoms with Gasteiger partial charge in [-0.1, -0.05) is 11.6 Å². The summed E-state index contributed by atoms with van der Waals surface area (Å²) in [6.45, 7) is 0. The van der Waals surface area contributed by atoms with Crippen LogP contribution in [0.4, 0.5) is 5.82 Å². The Morgan fingerprint density at radius 2 is 2.00 bits per heavy atom. The second-order valence-electron chi connectivity index (χ2n) is 4.28. The summed E-state index contributed by atoms with van der Waals surface area (Å²) in [7, 11) is 0. The number of thiophene rings is 1. The maximum atomic E-state index is 11.3. The van der Waals surface area contributed by atoms with Crippen molar-refractivity contribution in [1.29, 1.82) is 0 Å². The summed E-state index contributed by atoms with van der Waals surface area (Å²) in [5.74, 6) is 0.948. The van der Waals surface area contributed by atoms with Crippen LogP contribution in [0, 0.1) is 0 Å². The van der Waals surface area contributed by atoms with E-state index < -0.39 is 5.91 Å². The lowest BCUT2D eigenvalue weighted by Crippen LogP contribution is -2.08. The monoisotopic (exact) mass is 319 g/mol. The van der Waals surface area contributed by atoms with Crippen molar-refractivity contribution in [2.75, 3.05) is 5.73 Å². The van der Waals surface area contributed by atoms with Crippen LogP contribution in [0.2, 0.25) is 5.02 Å². The van der Waals surface area contributed by atoms with E-state index in [1.807, 2.05) is 0 Å². The molecule has 21 heavy (non-hydrogen) atoms. The lowest BCUT2D eigenvalue weighted by molar-refractivity contribution is 0.100. The summed E-state index contributed by atoms with van der Waals surface area (Å²) in [6, 6.07) is 8.59. The SMILES string of the molecule is NC(=O)c1cc2c(Oc3ccc(Cl)cc3)cnc(N)c2s1. The molecule has 3 rings (SSSR count). The Labute approximate surface area is 129 Å². The van der Waals surface area contributed by atoms with E-state index in [4.69, 9.17) is 27.8 Å². The predicted octanol–water partition coefficient (Wildman–Crippen LogP) is 3.42. The molecule has 5 nitrogen and oxygen atoms in total. The molecule has 0 aliphatic carbocycles. The van der Waals surface area contributed by atoms with Crippen molar-refractivity contribution in [3.05, 3.63) is 46.4 Å². The van der Waals surface area contributed by atoms with E-state index in [1.54, 1.807) is 30.3 Å². The third-order valence-electron chi connectivity index (χ3n) is 2.84. The molecule has 0 radical (unpaired) electrons. The van der Waals surface area contributed by atoms with Crippen LogP contribution in [-0.4, -0.2) is 10.9 Å². The number of aromatic nitrogens is 1. The van der Waals surface area contributed by atoms with Gasteiger partial charge in [0.05, 0.1) is 15.8 Å². The van der Waals surface area contributed by atoms with Crippen molar-refractivity contribution in [1.82, 2.24) is 4.98 Å². The molecule has 4 N–H and O–H groups in total. The highest BCUT2D eigenvalue weighted by atomic mass is 35.5. The first-order chi connectivity index (χ1) is 10.0. The van der Waals surface area contributed by atoms with Gasteiger partial charge in [0, 0.05) is 10.4 Å². The fourth-order valence-electron chi connectivity index (χ4n) is 1.85. The molecule has 1 aromatic carbocycles. The first-order valence-corrected chi connectivity index (χ1v) is 7.15. The van der Waals surface area contributed by atoms with Gasteiger partial charge in [-0.05, 0) is 30.3 Å². The summed E-state index contributed by atoms with van der Waals surface area (Å²) in [4.78, 5) is 15.8. The van der Waals surface area contributed by atoms with Gasteiger partial charge in [-0.2, -0.15) is 0 Å². The average Bonchev–Trinajstić information content (AvgIpc) is 2.91. The number of nitrogens with zero attached hydrogens (tertiary/aromatic N) is 1. The number of amides is 1. The maximum absolute atomic E-state index is 11.3. The topological polar surface area (TPSA) is 91.2 Å². The molecule has 3 aromatic rings. The summed E-state index contributed by atoms with van der Waals surface area (Å²) in [5.41, 5.74) is 11.1. The number of carbonyl (C=O) groups is 1. The Balaban J connectivity index is 2.07. The molecule has 0 fully saturated rings. The summed E-state index contributed by atoms with van der Waals surface area (Å²) < 4.78 is 6.45. The van der Waals surface area contributed by atoms with E-state index in [0.717, 1.165) is 0 Å². The van der Waals surface area contributed by atoms with Crippen molar-refractivity contribution in [2.45, 2.75) is 0 Å². The first kappa shape index (κ1) is 13.7. The second-order valence-corrected chi connectivity index (χ2v) is 5.77. The van der Waals surface area contributed by atoms with E-state index >= 15 is 0 Å². The number of hydrogen-bond acceptors (Lipinski definition) is 5. The van der Waals surface area contributed by atoms with E-state index in [9.17, 15) is 4.79 Å². The van der Waals surface area contributed by atoms with Gasteiger partial charge in [0.2, 0.25) is 0 Å². The van der Waals surface area contributed by atoms with E-state index in [2.05, 4.69) is 4.98 Å². The molecule has 0 bridgehead atoms. The molecule has 0 aliphatic heterocycles. The number of rotatable bonds is 3. The summed E-state index contributed by atoms with van der Waals surface area (Å²) in [6.07, 6.45) is 1.52. The molecule has 0 atom stereocenters. The van der Waals surface area contributed by atoms with Gasteiger partial charge in [0.25, 0.3) is 5.91 Å². The zero-order chi connectivity index (χ0) is 15.0. The predicted molar refractivity (Wildman–Crippen MR) is 84.1 cm³/mol. The lowest BCUT2D eigenvalue weighted by atomic mass is 10.2. The smallest absolute Gasteiger partial charge is 0.258 e. The number of nitrogen functional groups attached to an aromatic ring is 1. The molecule has 2 aromatic heterocycles. The Hall–Kier alpha value is -2.31. The quantitative estimate of drug-likeness (QED) is 0.773. The Bertz CT molecular complexity index is 830. The number of primary amides is 1. The van der Waals surface area contributed by atoms with Crippen LogP contribution in [0.5, 0.6) is 11.5 Å². The number of ether oxygens (including phenoxy) is 1. The van der Waals surface area contributed by atoms with Crippen molar-refractivity contribution in [2.24, 2.45) is 5.73 Å². The number of pyridine rings is 1. The van der Waals surface area contributed by atoms with Crippen molar-refractivity contribution in [3.8, 4) is 11.5 Å². The molecule has 0 aliphatic rings. The van der Waals surface area contributed by atoms with E-state index in [-0.39, 0.29) is 0 Å². The average molecular weight is 320 g/mol. The van der Waals surface area contributed by atoms with E-state index in [0.29, 0.717) is 37.3 Å². The van der Waals surface area contributed by atoms with Crippen LogP contribution in [0.3, 0.4) is 0 Å². The number of benzene rings is 1. The molecule has 0 spiro atoms. The van der Waals surface area contributed by atoms with Crippen LogP contribution in [0.15, 0.2) is 36.5 Å². The van der Waals surface area contributed by atoms with Crippen molar-refractivity contribution in [3.63, 3.8) is 0 Å². The van der Waals surface area contributed by atoms with Crippen LogP contribution in [-0.2, 0) is 0 Å². The van der Waals surface area contributed by atoms with Gasteiger partial charge >= 0.3 is 0 Å². The van der Waals surface area contributed by atoms with Gasteiger partial charge in [0.1, 0.15) is 11.6 Å². The number of anilines is 1. The zero-order valence-electron chi connectivity index (χ0n) is 10.7. The highest BCUT2D eigenvalue weighted by molar-refractivity contribution is 7.21. The number of nitrogens with two attached hydrogens (primary N) is 2. The standard InChI is InChI=1S/C14H10ClN3O2S/c15-7-1-3-8(4-2-7)20-10-6-18-13(16)12-9(10)5-11(21-12)14(17)19/h1-6H,(H2,16,18)(H2,17,19). The second kappa shape index (κ2) is 5.23. The number of carbonyl (C=O) groups excluding carboxylic acids is 1. The molecule has 0 saturated carbocycles. The molecule has 0 unspecified atom stereocenters. The van der Waals surface area contributed by atoms with Crippen molar-refractivity contribution >= 4 is 44.7 Å². The van der Waals surface area contributed by atoms with E-state index in [1.165, 1.54) is 17.5 Å². The normalized spacial score (nSPS) is 10.7. The minimum absolute atomic E-state index is 0.339. The molecule has 7 heteroatoms. The van der Waals surface area contributed by atoms with Crippen LogP contribution in [0.1, 0.15) is 9.67 Å². The third kappa shape index (κ3) is 2.63. The zero-order valence-corrected chi connectivity index (χ0v) is 12.2. The van der Waals surface area contributed by atoms with Crippen LogP contribution >= 0.6 is 22.9 Å². The Morgan fingerprint density at radius 1 is 1.29 bits per heavy atom. The first-order valence-electron chi connectivity index (χ1n) is 5.96. The minimum Gasteiger partial charge on any atom is -0.455 e. The fraction of sp³-hybridized carbons (Fsp3) is 0. The van der Waals surface area contributed by atoms with Gasteiger partial charge in [0.15, 0.2) is 5.75 Å². The minimum atomic E-state index is -0.506. The Morgan fingerprint density at radius 3 is 2.67 bits per heavy atom. The van der Waals surface area contributed by atoms with Gasteiger partial charge in [-0.3, -0.25) is 4.79 Å². The van der Waals surface area contributed by atoms with Crippen LogP contribution < -0.4 is 16.2 Å². The number of halogens is 1. The van der Waals surface area contributed by atoms with Gasteiger partial charge in [-0.15, -0.1) is 11.3 Å². The Kier molecular flexibility index (Phi) is 3.40. The molecule has 2 heterocycles. The van der Waals surface area contributed by atoms with Crippen LogP contribution in [0.25, 0.3) is 10.1 Å². The number of fused-ring (bicyclic) bond motifs is 1. The van der Waals surface area contributed by atoms with Gasteiger partial charge in [-0.25, -0.2) is 4.98 Å². The summed E-state index contributed by atoms with van der Waals surface area (Å²) in [5, 5.41) is 1.32.